The Hall–Kier alpha value is -2.91. The molecule has 1 aromatic heterocycles. The molecule has 1 aliphatic heterocycles. The second-order valence-corrected chi connectivity index (χ2v) is 6.58. The van der Waals surface area contributed by atoms with Crippen LogP contribution in [0.4, 0.5) is 5.69 Å². The van der Waals surface area contributed by atoms with Crippen molar-refractivity contribution in [3.8, 4) is 11.3 Å². The van der Waals surface area contributed by atoms with Crippen LogP contribution in [-0.2, 0) is 9.59 Å². The third-order valence-corrected chi connectivity index (χ3v) is 4.44. The van der Waals surface area contributed by atoms with E-state index in [1.807, 2.05) is 0 Å². The number of furan rings is 1. The molecule has 2 heterocycles. The van der Waals surface area contributed by atoms with Crippen LogP contribution in [0.5, 0.6) is 0 Å². The zero-order valence-electron chi connectivity index (χ0n) is 13.2. The minimum Gasteiger partial charge on any atom is -0.457 e. The number of nitro groups is 1. The number of rotatable bonds is 3. The summed E-state index contributed by atoms with van der Waals surface area (Å²) in [7, 11) is 0. The summed E-state index contributed by atoms with van der Waals surface area (Å²) in [6.07, 6.45) is 1.49. The molecule has 0 bridgehead atoms. The Labute approximate surface area is 156 Å². The zero-order chi connectivity index (χ0) is 18.8. The zero-order valence-corrected chi connectivity index (χ0v) is 14.8. The maximum absolute atomic E-state index is 11.8. The number of hydrogen-bond donors (Lipinski definition) is 1. The molecular weight excluding hydrogens is 382 g/mol. The molecule has 0 saturated heterocycles. The average molecular weight is 392 g/mol. The summed E-state index contributed by atoms with van der Waals surface area (Å²) in [6.45, 7) is 1.32. The highest BCUT2D eigenvalue weighted by molar-refractivity contribution is 8.18. The standard InChI is InChI=1S/C16H10ClN3O5S/c1-8(21)18-16-19-15(22)14(26-16)7-10-3-5-13(25-10)11-4-2-9(20(23)24)6-12(11)17/h2-7H,1H3,(H,18,19,21,22)/b14-7-. The summed E-state index contributed by atoms with van der Waals surface area (Å²) in [4.78, 5) is 37.1. The Morgan fingerprint density at radius 3 is 2.81 bits per heavy atom. The first-order valence-electron chi connectivity index (χ1n) is 7.18. The first-order valence-corrected chi connectivity index (χ1v) is 8.37. The van der Waals surface area contributed by atoms with Gasteiger partial charge >= 0.3 is 0 Å². The predicted octanol–water partition coefficient (Wildman–Crippen LogP) is 3.61. The smallest absolute Gasteiger partial charge is 0.286 e. The highest BCUT2D eigenvalue weighted by atomic mass is 35.5. The van der Waals surface area contributed by atoms with E-state index in [0.29, 0.717) is 22.0 Å². The second kappa shape index (κ2) is 7.14. The molecule has 0 spiro atoms. The molecule has 0 radical (unpaired) electrons. The Bertz CT molecular complexity index is 996. The Morgan fingerprint density at radius 2 is 2.15 bits per heavy atom. The summed E-state index contributed by atoms with van der Waals surface area (Å²) in [5.41, 5.74) is 0.366. The molecule has 0 fully saturated rings. The van der Waals surface area contributed by atoms with Gasteiger partial charge in [0.05, 0.1) is 14.9 Å². The van der Waals surface area contributed by atoms with Gasteiger partial charge in [0, 0.05) is 30.7 Å². The summed E-state index contributed by atoms with van der Waals surface area (Å²) < 4.78 is 5.64. The first-order chi connectivity index (χ1) is 12.3. The molecule has 1 aromatic carbocycles. The molecule has 26 heavy (non-hydrogen) atoms. The number of hydrogen-bond acceptors (Lipinski definition) is 6. The van der Waals surface area contributed by atoms with Crippen molar-refractivity contribution >= 4 is 52.1 Å². The van der Waals surface area contributed by atoms with Gasteiger partial charge in [0.25, 0.3) is 11.6 Å². The van der Waals surface area contributed by atoms with Gasteiger partial charge in [-0.3, -0.25) is 19.7 Å². The molecule has 0 atom stereocenters. The van der Waals surface area contributed by atoms with Crippen LogP contribution < -0.4 is 5.32 Å². The van der Waals surface area contributed by atoms with Gasteiger partial charge in [-0.2, -0.15) is 4.99 Å². The van der Waals surface area contributed by atoms with E-state index in [1.165, 1.54) is 31.2 Å². The van der Waals surface area contributed by atoms with Crippen LogP contribution in [0, 0.1) is 10.1 Å². The number of benzene rings is 1. The van der Waals surface area contributed by atoms with Gasteiger partial charge in [-0.05, 0) is 30.0 Å². The third-order valence-electron chi connectivity index (χ3n) is 3.23. The van der Waals surface area contributed by atoms with Crippen molar-refractivity contribution in [1.82, 2.24) is 5.32 Å². The van der Waals surface area contributed by atoms with Crippen molar-refractivity contribution in [3.05, 3.63) is 56.1 Å². The van der Waals surface area contributed by atoms with Gasteiger partial charge in [-0.1, -0.05) is 11.6 Å². The van der Waals surface area contributed by atoms with E-state index >= 15 is 0 Å². The highest BCUT2D eigenvalue weighted by Crippen LogP contribution is 2.34. The fourth-order valence-corrected chi connectivity index (χ4v) is 3.24. The first kappa shape index (κ1) is 17.9. The van der Waals surface area contributed by atoms with E-state index in [4.69, 9.17) is 16.0 Å². The summed E-state index contributed by atoms with van der Waals surface area (Å²) in [6, 6.07) is 7.32. The molecule has 1 aliphatic rings. The maximum Gasteiger partial charge on any atom is 0.286 e. The van der Waals surface area contributed by atoms with Crippen LogP contribution in [0.15, 0.2) is 44.6 Å². The van der Waals surface area contributed by atoms with Crippen LogP contribution in [0.1, 0.15) is 12.7 Å². The normalized spacial score (nSPS) is 15.2. The number of aliphatic imine (C=N–C) groups is 1. The van der Waals surface area contributed by atoms with Gasteiger partial charge in [-0.15, -0.1) is 0 Å². The van der Waals surface area contributed by atoms with Crippen molar-refractivity contribution in [2.75, 3.05) is 0 Å². The molecule has 132 valence electrons. The molecule has 2 aromatic rings. The number of thioether (sulfide) groups is 1. The molecular formula is C16H10ClN3O5S. The lowest BCUT2D eigenvalue weighted by atomic mass is 10.1. The number of nitrogens with one attached hydrogen (secondary N) is 1. The molecule has 0 saturated carbocycles. The van der Waals surface area contributed by atoms with Crippen LogP contribution in [-0.4, -0.2) is 21.9 Å². The fraction of sp³-hybridized carbons (Fsp3) is 0.0625. The number of carbonyl (C=O) groups excluding carboxylic acids is 2. The molecule has 3 rings (SSSR count). The summed E-state index contributed by atoms with van der Waals surface area (Å²) in [5, 5.41) is 13.6. The Balaban J connectivity index is 1.82. The Morgan fingerprint density at radius 1 is 1.38 bits per heavy atom. The van der Waals surface area contributed by atoms with E-state index < -0.39 is 10.8 Å². The lowest BCUT2D eigenvalue weighted by Crippen LogP contribution is -2.23. The number of amides is 2. The fourth-order valence-electron chi connectivity index (χ4n) is 2.13. The SMILES string of the molecule is CC(=O)NC1=NC(=O)/C(=C/c2ccc(-c3ccc([N+](=O)[O-])cc3Cl)o2)S1. The van der Waals surface area contributed by atoms with E-state index in [-0.39, 0.29) is 21.8 Å². The number of non-ortho nitro benzene ring substituents is 1. The number of carbonyl (C=O) groups is 2. The number of halogens is 1. The van der Waals surface area contributed by atoms with Gasteiger partial charge in [0.1, 0.15) is 11.5 Å². The van der Waals surface area contributed by atoms with Crippen LogP contribution in [0.2, 0.25) is 5.02 Å². The topological polar surface area (TPSA) is 115 Å². The lowest BCUT2D eigenvalue weighted by Gasteiger charge is -2.00. The van der Waals surface area contributed by atoms with Crippen LogP contribution >= 0.6 is 23.4 Å². The van der Waals surface area contributed by atoms with Gasteiger partial charge in [0.2, 0.25) is 5.91 Å². The lowest BCUT2D eigenvalue weighted by molar-refractivity contribution is -0.384. The minimum absolute atomic E-state index is 0.122. The average Bonchev–Trinajstić information content (AvgIpc) is 3.14. The molecule has 8 nitrogen and oxygen atoms in total. The number of nitrogens with zero attached hydrogens (tertiary/aromatic N) is 2. The van der Waals surface area contributed by atoms with E-state index in [2.05, 4.69) is 10.3 Å². The molecule has 0 aliphatic carbocycles. The third kappa shape index (κ3) is 3.84. The van der Waals surface area contributed by atoms with Gasteiger partial charge in [-0.25, -0.2) is 0 Å². The van der Waals surface area contributed by atoms with Gasteiger partial charge < -0.3 is 9.73 Å². The van der Waals surface area contributed by atoms with Crippen LogP contribution in [0.25, 0.3) is 17.4 Å². The van der Waals surface area contributed by atoms with Crippen molar-refractivity contribution in [3.63, 3.8) is 0 Å². The van der Waals surface area contributed by atoms with E-state index in [0.717, 1.165) is 11.8 Å². The van der Waals surface area contributed by atoms with Gasteiger partial charge in [0.15, 0.2) is 5.17 Å². The molecule has 10 heteroatoms. The van der Waals surface area contributed by atoms with Crippen molar-refractivity contribution in [2.24, 2.45) is 4.99 Å². The Kier molecular flexibility index (Phi) is 4.92. The number of nitro benzene ring substituents is 1. The number of amidine groups is 1. The highest BCUT2D eigenvalue weighted by Gasteiger charge is 2.23. The molecule has 2 amide bonds. The van der Waals surface area contributed by atoms with Crippen LogP contribution in [0.3, 0.4) is 0 Å². The quantitative estimate of drug-likeness (QED) is 0.485. The monoisotopic (exact) mass is 391 g/mol. The van der Waals surface area contributed by atoms with E-state index in [9.17, 15) is 19.7 Å². The molecule has 0 unspecified atom stereocenters. The predicted molar refractivity (Wildman–Crippen MR) is 97.6 cm³/mol. The van der Waals surface area contributed by atoms with Crippen molar-refractivity contribution in [1.29, 1.82) is 0 Å². The maximum atomic E-state index is 11.8. The largest absolute Gasteiger partial charge is 0.457 e. The molecule has 1 N–H and O–H groups in total. The van der Waals surface area contributed by atoms with Crippen molar-refractivity contribution in [2.45, 2.75) is 6.92 Å². The summed E-state index contributed by atoms with van der Waals surface area (Å²) in [5.74, 6) is -0.0248. The van der Waals surface area contributed by atoms with Crippen molar-refractivity contribution < 1.29 is 18.9 Å². The second-order valence-electron chi connectivity index (χ2n) is 5.14. The van der Waals surface area contributed by atoms with E-state index in [1.54, 1.807) is 12.1 Å². The summed E-state index contributed by atoms with van der Waals surface area (Å²) >= 11 is 7.11. The minimum atomic E-state index is -0.538.